The first-order chi connectivity index (χ1) is 17.2. The lowest BCUT2D eigenvalue weighted by molar-refractivity contribution is 0.0682. The molecule has 36 heavy (non-hydrogen) atoms. The fraction of sp³-hybridized carbons (Fsp3) is 0.214. The van der Waals surface area contributed by atoms with Crippen LogP contribution in [0.3, 0.4) is 0 Å². The van der Waals surface area contributed by atoms with Crippen LogP contribution in [0.4, 0.5) is 0 Å². The molecule has 4 rings (SSSR count). The van der Waals surface area contributed by atoms with Gasteiger partial charge < -0.3 is 25.2 Å². The minimum absolute atomic E-state index is 0.0553. The zero-order chi connectivity index (χ0) is 25.8. The van der Waals surface area contributed by atoms with E-state index in [9.17, 15) is 24.9 Å². The predicted octanol–water partition coefficient (Wildman–Crippen LogP) is 4.99. The summed E-state index contributed by atoms with van der Waals surface area (Å²) in [5.74, 6) is -2.13. The van der Waals surface area contributed by atoms with Crippen molar-refractivity contribution in [3.63, 3.8) is 0 Å². The number of aromatic carboxylic acids is 2. The summed E-state index contributed by atoms with van der Waals surface area (Å²) in [7, 11) is 0. The first-order valence-electron chi connectivity index (χ1n) is 11.6. The molecule has 4 aromatic rings. The molecule has 0 aliphatic heterocycles. The third-order valence-corrected chi connectivity index (χ3v) is 6.43. The average Bonchev–Trinajstić information content (AvgIpc) is 3.20. The standard InChI is InChI=1S/C28H27ClN2O5/c1-17(30-15-26(32)19-6-4-7-22(29)13-19)11-18-9-10-24-21(12-18)14-25(28(35)36)31(24)16-20-5-2-3-8-23(20)27(33)34/h2-10,12-14,17,26,30,32H,11,15-16H2,1H3,(H,33,34)(H,35,36). The van der Waals surface area contributed by atoms with Crippen molar-refractivity contribution < 1.29 is 24.9 Å². The molecular formula is C28H27ClN2O5. The zero-order valence-corrected chi connectivity index (χ0v) is 20.4. The molecule has 0 bridgehead atoms. The van der Waals surface area contributed by atoms with Crippen molar-refractivity contribution in [2.75, 3.05) is 6.54 Å². The molecule has 0 saturated heterocycles. The van der Waals surface area contributed by atoms with Crippen molar-refractivity contribution in [2.45, 2.75) is 32.0 Å². The topological polar surface area (TPSA) is 112 Å². The number of aromatic nitrogens is 1. The first-order valence-corrected chi connectivity index (χ1v) is 11.9. The largest absolute Gasteiger partial charge is 0.478 e. The summed E-state index contributed by atoms with van der Waals surface area (Å²) in [6, 6.07) is 21.2. The van der Waals surface area contributed by atoms with Crippen LogP contribution in [0.5, 0.6) is 0 Å². The minimum atomic E-state index is -1.08. The van der Waals surface area contributed by atoms with Crippen molar-refractivity contribution in [3.8, 4) is 0 Å². The SMILES string of the molecule is CC(Cc1ccc2c(c1)cc(C(=O)O)n2Cc1ccccc1C(=O)O)NCC(O)c1cccc(Cl)c1. The van der Waals surface area contributed by atoms with Gasteiger partial charge in [0.25, 0.3) is 0 Å². The number of benzene rings is 3. The van der Waals surface area contributed by atoms with E-state index in [1.807, 2.05) is 31.2 Å². The minimum Gasteiger partial charge on any atom is -0.478 e. The zero-order valence-electron chi connectivity index (χ0n) is 19.7. The van der Waals surface area contributed by atoms with Crippen LogP contribution < -0.4 is 5.32 Å². The summed E-state index contributed by atoms with van der Waals surface area (Å²) in [6.45, 7) is 2.52. The van der Waals surface area contributed by atoms with Crippen molar-refractivity contribution in [3.05, 3.63) is 106 Å². The van der Waals surface area contributed by atoms with Crippen LogP contribution >= 0.6 is 11.6 Å². The Balaban J connectivity index is 1.51. The molecule has 1 heterocycles. The molecule has 0 aliphatic rings. The number of carboxylic acid groups (broad SMARTS) is 2. The highest BCUT2D eigenvalue weighted by Crippen LogP contribution is 2.25. The van der Waals surface area contributed by atoms with Crippen LogP contribution in [0.25, 0.3) is 10.9 Å². The lowest BCUT2D eigenvalue weighted by Crippen LogP contribution is -2.32. The number of hydrogen-bond donors (Lipinski definition) is 4. The second-order valence-electron chi connectivity index (χ2n) is 8.86. The molecule has 186 valence electrons. The number of carbonyl (C=O) groups is 2. The van der Waals surface area contributed by atoms with Crippen LogP contribution in [0.15, 0.2) is 72.8 Å². The van der Waals surface area contributed by atoms with Gasteiger partial charge in [-0.1, -0.05) is 48.0 Å². The van der Waals surface area contributed by atoms with Crippen LogP contribution in [0.2, 0.25) is 5.02 Å². The Kier molecular flexibility index (Phi) is 7.74. The predicted molar refractivity (Wildman–Crippen MR) is 139 cm³/mol. The molecule has 0 saturated carbocycles. The number of nitrogens with one attached hydrogen (secondary N) is 1. The van der Waals surface area contributed by atoms with Gasteiger partial charge in [0.15, 0.2) is 0 Å². The number of aliphatic hydroxyl groups is 1. The van der Waals surface area contributed by atoms with E-state index in [1.54, 1.807) is 47.0 Å². The van der Waals surface area contributed by atoms with Gasteiger partial charge in [0, 0.05) is 35.1 Å². The molecule has 0 spiro atoms. The number of aliphatic hydroxyl groups excluding tert-OH is 1. The van der Waals surface area contributed by atoms with E-state index in [-0.39, 0.29) is 23.8 Å². The molecule has 4 N–H and O–H groups in total. The molecule has 0 amide bonds. The van der Waals surface area contributed by atoms with Gasteiger partial charge in [0.1, 0.15) is 5.69 Å². The van der Waals surface area contributed by atoms with E-state index in [0.717, 1.165) is 16.5 Å². The first kappa shape index (κ1) is 25.4. The second kappa shape index (κ2) is 11.0. The fourth-order valence-electron chi connectivity index (χ4n) is 4.40. The molecular weight excluding hydrogens is 480 g/mol. The number of carboxylic acids is 2. The van der Waals surface area contributed by atoms with E-state index < -0.39 is 18.0 Å². The Morgan fingerprint density at radius 1 is 0.972 bits per heavy atom. The Morgan fingerprint density at radius 3 is 2.47 bits per heavy atom. The molecule has 8 heteroatoms. The lowest BCUT2D eigenvalue weighted by Gasteiger charge is -2.18. The smallest absolute Gasteiger partial charge is 0.352 e. The summed E-state index contributed by atoms with van der Waals surface area (Å²) in [5, 5.41) is 34.4. The summed E-state index contributed by atoms with van der Waals surface area (Å²) < 4.78 is 1.63. The van der Waals surface area contributed by atoms with Gasteiger partial charge in [0.2, 0.25) is 0 Å². The Hall–Kier alpha value is -3.65. The molecule has 0 fully saturated rings. The van der Waals surface area contributed by atoms with Crippen molar-refractivity contribution in [1.82, 2.24) is 9.88 Å². The Morgan fingerprint density at radius 2 is 1.75 bits per heavy atom. The van der Waals surface area contributed by atoms with Crippen molar-refractivity contribution in [1.29, 1.82) is 0 Å². The van der Waals surface area contributed by atoms with E-state index in [1.165, 1.54) is 6.07 Å². The summed E-state index contributed by atoms with van der Waals surface area (Å²) >= 11 is 6.01. The second-order valence-corrected chi connectivity index (χ2v) is 9.30. The van der Waals surface area contributed by atoms with E-state index in [0.29, 0.717) is 29.1 Å². The highest BCUT2D eigenvalue weighted by atomic mass is 35.5. The molecule has 2 unspecified atom stereocenters. The molecule has 3 aromatic carbocycles. The monoisotopic (exact) mass is 506 g/mol. The van der Waals surface area contributed by atoms with Gasteiger partial charge in [-0.3, -0.25) is 0 Å². The summed E-state index contributed by atoms with van der Waals surface area (Å²) in [5.41, 5.74) is 3.25. The van der Waals surface area contributed by atoms with Crippen LogP contribution in [0.1, 0.15) is 50.6 Å². The van der Waals surface area contributed by atoms with Crippen LogP contribution in [-0.2, 0) is 13.0 Å². The highest BCUT2D eigenvalue weighted by molar-refractivity contribution is 6.30. The Labute approximate surface area is 213 Å². The third kappa shape index (κ3) is 5.76. The van der Waals surface area contributed by atoms with Gasteiger partial charge in [-0.15, -0.1) is 0 Å². The van der Waals surface area contributed by atoms with Crippen molar-refractivity contribution >= 4 is 34.4 Å². The molecule has 0 aliphatic carbocycles. The van der Waals surface area contributed by atoms with Gasteiger partial charge in [-0.05, 0) is 66.4 Å². The number of hydrogen-bond acceptors (Lipinski definition) is 4. The number of rotatable bonds is 10. The summed E-state index contributed by atoms with van der Waals surface area (Å²) in [6.07, 6.45) is -0.0114. The molecule has 7 nitrogen and oxygen atoms in total. The number of fused-ring (bicyclic) bond motifs is 1. The third-order valence-electron chi connectivity index (χ3n) is 6.20. The van der Waals surface area contributed by atoms with Gasteiger partial charge in [-0.25, -0.2) is 9.59 Å². The van der Waals surface area contributed by atoms with Crippen LogP contribution in [0, 0.1) is 0 Å². The quantitative estimate of drug-likeness (QED) is 0.241. The maximum Gasteiger partial charge on any atom is 0.352 e. The van der Waals surface area contributed by atoms with Gasteiger partial charge in [-0.2, -0.15) is 0 Å². The van der Waals surface area contributed by atoms with Crippen molar-refractivity contribution in [2.24, 2.45) is 0 Å². The van der Waals surface area contributed by atoms with Crippen LogP contribution in [-0.4, -0.2) is 44.4 Å². The number of nitrogens with zero attached hydrogens (tertiary/aromatic N) is 1. The molecule has 0 radical (unpaired) electrons. The normalized spacial score (nSPS) is 13.0. The van der Waals surface area contributed by atoms with E-state index in [4.69, 9.17) is 11.6 Å². The molecule has 1 aromatic heterocycles. The fourth-order valence-corrected chi connectivity index (χ4v) is 4.60. The number of halogens is 1. The van der Waals surface area contributed by atoms with Gasteiger partial charge in [0.05, 0.1) is 11.7 Å². The molecule has 2 atom stereocenters. The lowest BCUT2D eigenvalue weighted by atomic mass is 10.0. The maximum absolute atomic E-state index is 12.0. The van der Waals surface area contributed by atoms with E-state index in [2.05, 4.69) is 5.32 Å². The summed E-state index contributed by atoms with van der Waals surface area (Å²) in [4.78, 5) is 23.6. The van der Waals surface area contributed by atoms with Gasteiger partial charge >= 0.3 is 11.9 Å². The Bertz CT molecular complexity index is 1410. The van der Waals surface area contributed by atoms with E-state index >= 15 is 0 Å². The maximum atomic E-state index is 12.0. The average molecular weight is 507 g/mol. The highest BCUT2D eigenvalue weighted by Gasteiger charge is 2.18.